The third-order valence-corrected chi connectivity index (χ3v) is 10.9. The van der Waals surface area contributed by atoms with Crippen LogP contribution < -0.4 is 10.6 Å². The molecule has 8 nitrogen and oxygen atoms in total. The SMILES string of the molecule is CC(C)(C)c1ccc(NC(=O)c2ccc(C3OCC4(CO3)COC(c3ccc(C(=O)Nc5ccc(C(C)(C)C)cc5C(C)(C)C)cc3)OC4)cc2)c(C(C)(C)C)c1. The summed E-state index contributed by atoms with van der Waals surface area (Å²) in [5.41, 5.74) is 8.39. The molecule has 6 rings (SSSR count). The Morgan fingerprint density at radius 3 is 1.07 bits per heavy atom. The summed E-state index contributed by atoms with van der Waals surface area (Å²) in [6.45, 7) is 27.8. The van der Waals surface area contributed by atoms with E-state index in [-0.39, 0.29) is 33.5 Å². The fourth-order valence-corrected chi connectivity index (χ4v) is 7.19. The van der Waals surface area contributed by atoms with Gasteiger partial charge in [0.05, 0.1) is 31.8 Å². The molecule has 2 N–H and O–H groups in total. The number of hydrogen-bond acceptors (Lipinski definition) is 6. The third kappa shape index (κ3) is 9.86. The van der Waals surface area contributed by atoms with Gasteiger partial charge in [0.15, 0.2) is 12.6 Å². The molecule has 0 saturated carbocycles. The van der Waals surface area contributed by atoms with Crippen molar-refractivity contribution >= 4 is 23.2 Å². The summed E-state index contributed by atoms with van der Waals surface area (Å²) in [5, 5.41) is 6.29. The van der Waals surface area contributed by atoms with E-state index in [1.54, 1.807) is 0 Å². The van der Waals surface area contributed by atoms with E-state index in [2.05, 4.69) is 118 Å². The van der Waals surface area contributed by atoms with Crippen LogP contribution in [0.15, 0.2) is 84.9 Å². The van der Waals surface area contributed by atoms with Crippen LogP contribution in [-0.2, 0) is 40.6 Å². The van der Waals surface area contributed by atoms with Crippen molar-refractivity contribution in [1.29, 1.82) is 0 Å². The smallest absolute Gasteiger partial charge is 0.255 e. The van der Waals surface area contributed by atoms with Crippen LogP contribution >= 0.6 is 0 Å². The molecule has 2 amide bonds. The van der Waals surface area contributed by atoms with Crippen LogP contribution in [0.5, 0.6) is 0 Å². The molecular formula is C49H62N2O6. The van der Waals surface area contributed by atoms with E-state index in [9.17, 15) is 9.59 Å². The molecule has 0 atom stereocenters. The predicted octanol–water partition coefficient (Wildman–Crippen LogP) is 11.2. The van der Waals surface area contributed by atoms with Crippen LogP contribution in [0.25, 0.3) is 0 Å². The first-order valence-electron chi connectivity index (χ1n) is 20.1. The number of benzene rings is 4. The van der Waals surface area contributed by atoms with Crippen LogP contribution in [-0.4, -0.2) is 38.2 Å². The molecule has 0 bridgehead atoms. The van der Waals surface area contributed by atoms with Crippen molar-refractivity contribution in [1.82, 2.24) is 0 Å². The molecule has 304 valence electrons. The second-order valence-electron chi connectivity index (χ2n) is 20.1. The highest BCUT2D eigenvalue weighted by atomic mass is 16.7. The summed E-state index contributed by atoms with van der Waals surface area (Å²) in [4.78, 5) is 26.7. The lowest BCUT2D eigenvalue weighted by Gasteiger charge is -2.43. The Bertz CT molecular complexity index is 1900. The van der Waals surface area contributed by atoms with Gasteiger partial charge in [-0.15, -0.1) is 0 Å². The Morgan fingerprint density at radius 2 is 0.789 bits per heavy atom. The number of hydrogen-bond donors (Lipinski definition) is 2. The van der Waals surface area contributed by atoms with Crippen LogP contribution in [0, 0.1) is 5.41 Å². The number of anilines is 2. The zero-order chi connectivity index (χ0) is 41.6. The van der Waals surface area contributed by atoms with Gasteiger partial charge in [0.2, 0.25) is 0 Å². The molecule has 0 aromatic heterocycles. The molecule has 4 aromatic carbocycles. The highest BCUT2D eigenvalue weighted by Gasteiger charge is 2.42. The van der Waals surface area contributed by atoms with Crippen LogP contribution in [0.1, 0.15) is 150 Å². The minimum atomic E-state index is -0.558. The maximum absolute atomic E-state index is 13.4. The van der Waals surface area contributed by atoms with Crippen molar-refractivity contribution in [3.05, 3.63) is 129 Å². The van der Waals surface area contributed by atoms with E-state index in [1.165, 1.54) is 11.1 Å². The first-order chi connectivity index (χ1) is 26.5. The standard InChI is InChI=1S/C49H62N2O6/c1-45(2,3)35-21-23-39(37(25-35)47(7,8)9)50-41(52)31-13-17-33(18-14-31)43-54-27-49(28-55-43)29-56-44(57-30-49)34-19-15-32(16-20-34)42(53)51-40-24-22-36(46(4,5)6)26-38(40)48(10,11)12/h13-26,43-44H,27-30H2,1-12H3,(H,50,52)(H,51,53). The van der Waals surface area contributed by atoms with Gasteiger partial charge < -0.3 is 29.6 Å². The minimum Gasteiger partial charge on any atom is -0.348 e. The topological polar surface area (TPSA) is 95.1 Å². The van der Waals surface area contributed by atoms with E-state index < -0.39 is 18.0 Å². The molecule has 0 aliphatic carbocycles. The zero-order valence-corrected chi connectivity index (χ0v) is 36.0. The molecule has 2 aliphatic heterocycles. The Morgan fingerprint density at radius 1 is 0.474 bits per heavy atom. The van der Waals surface area contributed by atoms with Crippen LogP contribution in [0.2, 0.25) is 0 Å². The van der Waals surface area contributed by atoms with Gasteiger partial charge in [0.1, 0.15) is 0 Å². The average Bonchev–Trinajstić information content (AvgIpc) is 3.14. The van der Waals surface area contributed by atoms with Crippen molar-refractivity contribution in [3.8, 4) is 0 Å². The molecule has 0 unspecified atom stereocenters. The number of amides is 2. The van der Waals surface area contributed by atoms with Gasteiger partial charge in [-0.1, -0.05) is 132 Å². The quantitative estimate of drug-likeness (QED) is 0.203. The third-order valence-electron chi connectivity index (χ3n) is 10.9. The monoisotopic (exact) mass is 774 g/mol. The summed E-state index contributed by atoms with van der Waals surface area (Å²) in [7, 11) is 0. The van der Waals surface area contributed by atoms with E-state index in [0.717, 1.165) is 33.6 Å². The number of ether oxygens (including phenoxy) is 4. The lowest BCUT2D eigenvalue weighted by Crippen LogP contribution is -2.49. The molecular weight excluding hydrogens is 713 g/mol. The second-order valence-corrected chi connectivity index (χ2v) is 20.1. The lowest BCUT2D eigenvalue weighted by molar-refractivity contribution is -0.307. The van der Waals surface area contributed by atoms with E-state index in [4.69, 9.17) is 18.9 Å². The van der Waals surface area contributed by atoms with Gasteiger partial charge in [-0.05, 0) is 80.3 Å². The van der Waals surface area contributed by atoms with E-state index >= 15 is 0 Å². The molecule has 57 heavy (non-hydrogen) atoms. The first kappa shape index (κ1) is 42.3. The highest BCUT2D eigenvalue weighted by molar-refractivity contribution is 6.05. The summed E-state index contributed by atoms with van der Waals surface area (Å²) < 4.78 is 24.8. The van der Waals surface area contributed by atoms with Crippen LogP contribution in [0.3, 0.4) is 0 Å². The largest absolute Gasteiger partial charge is 0.348 e. The highest BCUT2D eigenvalue weighted by Crippen LogP contribution is 2.39. The molecule has 2 saturated heterocycles. The van der Waals surface area contributed by atoms with E-state index in [0.29, 0.717) is 37.6 Å². The van der Waals surface area contributed by atoms with Crippen molar-refractivity contribution in [3.63, 3.8) is 0 Å². The number of carbonyl (C=O) groups is 2. The predicted molar refractivity (Wildman–Crippen MR) is 228 cm³/mol. The Balaban J connectivity index is 1.01. The maximum atomic E-state index is 13.4. The summed E-state index contributed by atoms with van der Waals surface area (Å²) in [6, 6.07) is 27.4. The molecule has 2 fully saturated rings. The van der Waals surface area contributed by atoms with Gasteiger partial charge in [-0.25, -0.2) is 0 Å². The normalized spacial score (nSPS) is 20.6. The molecule has 0 radical (unpaired) electrons. The number of rotatable bonds is 6. The molecule has 1 spiro atoms. The molecule has 8 heteroatoms. The van der Waals surface area contributed by atoms with Crippen LogP contribution in [0.4, 0.5) is 11.4 Å². The van der Waals surface area contributed by atoms with Gasteiger partial charge in [0, 0.05) is 33.6 Å². The van der Waals surface area contributed by atoms with Gasteiger partial charge in [0.25, 0.3) is 11.8 Å². The molecule has 2 heterocycles. The Labute approximate surface area is 340 Å². The Kier molecular flexibility index (Phi) is 11.7. The maximum Gasteiger partial charge on any atom is 0.255 e. The van der Waals surface area contributed by atoms with Gasteiger partial charge >= 0.3 is 0 Å². The molecule has 4 aromatic rings. The minimum absolute atomic E-state index is 0.00804. The first-order valence-corrected chi connectivity index (χ1v) is 20.1. The van der Waals surface area contributed by atoms with Crippen molar-refractivity contribution in [2.24, 2.45) is 5.41 Å². The van der Waals surface area contributed by atoms with Crippen molar-refractivity contribution in [2.45, 2.75) is 117 Å². The second kappa shape index (κ2) is 15.8. The Hall–Kier alpha value is -4.34. The fraction of sp³-hybridized carbons (Fsp3) is 0.469. The zero-order valence-electron chi connectivity index (χ0n) is 36.0. The van der Waals surface area contributed by atoms with Crippen molar-refractivity contribution < 1.29 is 28.5 Å². The average molecular weight is 775 g/mol. The summed E-state index contributed by atoms with van der Waals surface area (Å²) in [6.07, 6.45) is -1.12. The number of nitrogens with one attached hydrogen (secondary N) is 2. The van der Waals surface area contributed by atoms with Gasteiger partial charge in [-0.3, -0.25) is 9.59 Å². The number of carbonyl (C=O) groups excluding carboxylic acids is 2. The molecule has 2 aliphatic rings. The van der Waals surface area contributed by atoms with Gasteiger partial charge in [-0.2, -0.15) is 0 Å². The summed E-state index contributed by atoms with van der Waals surface area (Å²) in [5.74, 6) is -0.332. The van der Waals surface area contributed by atoms with Crippen molar-refractivity contribution in [2.75, 3.05) is 37.1 Å². The lowest BCUT2D eigenvalue weighted by atomic mass is 9.80. The summed E-state index contributed by atoms with van der Waals surface area (Å²) >= 11 is 0. The fourth-order valence-electron chi connectivity index (χ4n) is 7.19. The van der Waals surface area contributed by atoms with E-state index in [1.807, 2.05) is 60.7 Å².